The lowest BCUT2D eigenvalue weighted by atomic mass is 10.1. The molecule has 0 aromatic rings. The zero-order valence-corrected chi connectivity index (χ0v) is 9.09. The van der Waals surface area contributed by atoms with Gasteiger partial charge < -0.3 is 4.90 Å². The highest BCUT2D eigenvalue weighted by Crippen LogP contribution is 2.06. The zero-order chi connectivity index (χ0) is 10.6. The molecule has 0 atom stereocenters. The van der Waals surface area contributed by atoms with E-state index in [1.54, 1.807) is 4.90 Å². The molecule has 0 aromatic carbocycles. The summed E-state index contributed by atoms with van der Waals surface area (Å²) in [5.41, 5.74) is 0. The Hall–Kier alpha value is -0.970. The van der Waals surface area contributed by atoms with Gasteiger partial charge in [-0.05, 0) is 19.3 Å². The molecule has 0 heterocycles. The Morgan fingerprint density at radius 2 is 1.71 bits per heavy atom. The molecule has 0 saturated carbocycles. The molecule has 0 fully saturated rings. The van der Waals surface area contributed by atoms with Gasteiger partial charge in [-0.3, -0.25) is 4.79 Å². The van der Waals surface area contributed by atoms with Gasteiger partial charge in [0.25, 0.3) is 0 Å². The topological polar surface area (TPSA) is 20.3 Å². The number of carbonyl (C=O) groups is 1. The maximum atomic E-state index is 10.2. The fourth-order valence-electron chi connectivity index (χ4n) is 1.33. The average molecular weight is 194 g/mol. The van der Waals surface area contributed by atoms with Crippen molar-refractivity contribution in [2.45, 2.75) is 44.9 Å². The van der Waals surface area contributed by atoms with Gasteiger partial charge in [-0.1, -0.05) is 31.6 Å². The first kappa shape index (κ1) is 13.0. The van der Waals surface area contributed by atoms with Crippen LogP contribution in [-0.4, -0.2) is 24.9 Å². The quantitative estimate of drug-likeness (QED) is 0.313. The number of carbonyl (C=O) groups excluding carboxylic acids is 1. The second kappa shape index (κ2) is 10.1. The summed E-state index contributed by atoms with van der Waals surface area (Å²) in [4.78, 5) is 11.9. The largest absolute Gasteiger partial charge is 0.348 e. The molecule has 1 radical (unpaired) electrons. The van der Waals surface area contributed by atoms with E-state index in [9.17, 15) is 4.79 Å². The highest BCUT2D eigenvalue weighted by molar-refractivity contribution is 5.46. The summed E-state index contributed by atoms with van der Waals surface area (Å²) >= 11 is 0. The Bertz CT molecular complexity index is 172. The molecule has 0 bridgehead atoms. The van der Waals surface area contributed by atoms with Gasteiger partial charge in [0, 0.05) is 20.0 Å². The smallest absolute Gasteiger partial charge is 0.209 e. The van der Waals surface area contributed by atoms with Gasteiger partial charge in [-0.2, -0.15) is 0 Å². The molecule has 0 saturated heterocycles. The zero-order valence-electron chi connectivity index (χ0n) is 9.09. The van der Waals surface area contributed by atoms with Crippen LogP contribution in [0, 0.1) is 12.3 Å². The molecule has 1 amide bonds. The van der Waals surface area contributed by atoms with Crippen molar-refractivity contribution < 1.29 is 4.79 Å². The Balaban J connectivity index is 2.99. The van der Waals surface area contributed by atoms with Crippen LogP contribution in [0.1, 0.15) is 44.9 Å². The van der Waals surface area contributed by atoms with Crippen molar-refractivity contribution in [2.24, 2.45) is 0 Å². The van der Waals surface area contributed by atoms with Gasteiger partial charge in [0.1, 0.15) is 0 Å². The minimum absolute atomic E-state index is 0.799. The van der Waals surface area contributed by atoms with Crippen LogP contribution in [0.2, 0.25) is 0 Å². The molecule has 0 aromatic heterocycles. The Kier molecular flexibility index (Phi) is 9.41. The first-order chi connectivity index (χ1) is 6.81. The van der Waals surface area contributed by atoms with E-state index >= 15 is 0 Å². The van der Waals surface area contributed by atoms with Crippen molar-refractivity contribution in [1.29, 1.82) is 0 Å². The van der Waals surface area contributed by atoms with E-state index in [1.165, 1.54) is 25.7 Å². The SMILES string of the molecule is [C]#CCCCCCCCCN(C)C=O. The molecule has 0 rings (SSSR count). The molecule has 0 aliphatic carbocycles. The summed E-state index contributed by atoms with van der Waals surface area (Å²) in [5.74, 6) is 2.40. The van der Waals surface area contributed by atoms with E-state index in [-0.39, 0.29) is 0 Å². The van der Waals surface area contributed by atoms with E-state index in [0.717, 1.165) is 32.2 Å². The summed E-state index contributed by atoms with van der Waals surface area (Å²) in [6, 6.07) is 0. The molecular weight excluding hydrogens is 174 g/mol. The van der Waals surface area contributed by atoms with Gasteiger partial charge >= 0.3 is 0 Å². The second-order valence-corrected chi connectivity index (χ2v) is 3.63. The van der Waals surface area contributed by atoms with Crippen LogP contribution in [0.5, 0.6) is 0 Å². The molecule has 0 aliphatic rings. The van der Waals surface area contributed by atoms with Crippen LogP contribution in [0.25, 0.3) is 0 Å². The molecule has 0 aliphatic heterocycles. The van der Waals surface area contributed by atoms with Crippen LogP contribution >= 0.6 is 0 Å². The van der Waals surface area contributed by atoms with Gasteiger partial charge in [-0.15, -0.1) is 0 Å². The molecule has 2 nitrogen and oxygen atoms in total. The highest BCUT2D eigenvalue weighted by Gasteiger charge is 1.93. The highest BCUT2D eigenvalue weighted by atomic mass is 16.1. The summed E-state index contributed by atoms with van der Waals surface area (Å²) < 4.78 is 0. The van der Waals surface area contributed by atoms with E-state index in [1.807, 2.05) is 7.05 Å². The lowest BCUT2D eigenvalue weighted by Crippen LogP contribution is -2.16. The van der Waals surface area contributed by atoms with Crippen molar-refractivity contribution in [1.82, 2.24) is 4.90 Å². The third-order valence-corrected chi connectivity index (χ3v) is 2.24. The fraction of sp³-hybridized carbons (Fsp3) is 0.750. The first-order valence-electron chi connectivity index (χ1n) is 5.36. The van der Waals surface area contributed by atoms with E-state index in [2.05, 4.69) is 5.92 Å². The number of amides is 1. The van der Waals surface area contributed by atoms with Gasteiger partial charge in [0.05, 0.1) is 0 Å². The lowest BCUT2D eigenvalue weighted by molar-refractivity contribution is -0.117. The minimum atomic E-state index is 0.799. The van der Waals surface area contributed by atoms with Crippen molar-refractivity contribution >= 4 is 6.41 Å². The van der Waals surface area contributed by atoms with E-state index in [4.69, 9.17) is 6.42 Å². The van der Waals surface area contributed by atoms with Gasteiger partial charge in [0.2, 0.25) is 6.41 Å². The monoisotopic (exact) mass is 194 g/mol. The predicted octanol–water partition coefficient (Wildman–Crippen LogP) is 2.40. The number of hydrogen-bond acceptors (Lipinski definition) is 1. The maximum absolute atomic E-state index is 10.2. The standard InChI is InChI=1S/C12H20NO/c1-3-4-5-6-7-8-9-10-11-13(2)12-14/h12H,4-11H2,2H3. The second-order valence-electron chi connectivity index (χ2n) is 3.63. The summed E-state index contributed by atoms with van der Waals surface area (Å²) in [6.45, 7) is 0.873. The molecule has 0 unspecified atom stereocenters. The van der Waals surface area contributed by atoms with Crippen LogP contribution in [0.15, 0.2) is 0 Å². The number of hydrogen-bond donors (Lipinski definition) is 0. The molecule has 2 heteroatoms. The predicted molar refractivity (Wildman–Crippen MR) is 58.1 cm³/mol. The minimum Gasteiger partial charge on any atom is -0.348 e. The fourth-order valence-corrected chi connectivity index (χ4v) is 1.33. The van der Waals surface area contributed by atoms with Gasteiger partial charge in [-0.25, -0.2) is 0 Å². The molecule has 0 spiro atoms. The number of rotatable bonds is 9. The maximum Gasteiger partial charge on any atom is 0.209 e. The molecule has 79 valence electrons. The van der Waals surface area contributed by atoms with Crippen LogP contribution in [0.3, 0.4) is 0 Å². The van der Waals surface area contributed by atoms with Crippen LogP contribution < -0.4 is 0 Å². The number of nitrogens with zero attached hydrogens (tertiary/aromatic N) is 1. The first-order valence-corrected chi connectivity index (χ1v) is 5.36. The Morgan fingerprint density at radius 1 is 1.14 bits per heavy atom. The van der Waals surface area contributed by atoms with E-state index < -0.39 is 0 Å². The third kappa shape index (κ3) is 9.12. The van der Waals surface area contributed by atoms with Crippen LogP contribution in [-0.2, 0) is 4.79 Å². The normalized spacial score (nSPS) is 9.43. The molecule has 14 heavy (non-hydrogen) atoms. The number of unbranched alkanes of at least 4 members (excludes halogenated alkanes) is 6. The van der Waals surface area contributed by atoms with Crippen molar-refractivity contribution in [3.05, 3.63) is 6.42 Å². The van der Waals surface area contributed by atoms with Crippen molar-refractivity contribution in [2.75, 3.05) is 13.6 Å². The Morgan fingerprint density at radius 3 is 2.29 bits per heavy atom. The third-order valence-electron chi connectivity index (χ3n) is 2.24. The van der Waals surface area contributed by atoms with Crippen molar-refractivity contribution in [3.8, 4) is 5.92 Å². The van der Waals surface area contributed by atoms with Gasteiger partial charge in [0.15, 0.2) is 0 Å². The van der Waals surface area contributed by atoms with E-state index in [0.29, 0.717) is 0 Å². The van der Waals surface area contributed by atoms with Crippen molar-refractivity contribution in [3.63, 3.8) is 0 Å². The molecule has 0 N–H and O–H groups in total. The van der Waals surface area contributed by atoms with Crippen LogP contribution in [0.4, 0.5) is 0 Å². The molecular formula is C12H20NO. The Labute approximate surface area is 87.7 Å². The summed E-state index contributed by atoms with van der Waals surface area (Å²) in [6.07, 6.45) is 15.5. The lowest BCUT2D eigenvalue weighted by Gasteiger charge is -2.09. The summed E-state index contributed by atoms with van der Waals surface area (Å²) in [5, 5.41) is 0. The summed E-state index contributed by atoms with van der Waals surface area (Å²) in [7, 11) is 1.81. The average Bonchev–Trinajstić information content (AvgIpc) is 2.21.